The van der Waals surface area contributed by atoms with Crippen LogP contribution in [0.25, 0.3) is 16.6 Å². The van der Waals surface area contributed by atoms with E-state index in [-0.39, 0.29) is 40.8 Å². The number of anilines is 3. The predicted octanol–water partition coefficient (Wildman–Crippen LogP) is 2.85. The fourth-order valence-corrected chi connectivity index (χ4v) is 5.62. The summed E-state index contributed by atoms with van der Waals surface area (Å²) in [6.45, 7) is 1.65. The van der Waals surface area contributed by atoms with Gasteiger partial charge in [0.2, 0.25) is 0 Å². The zero-order valence-corrected chi connectivity index (χ0v) is 26.6. The minimum atomic E-state index is -4.71. The van der Waals surface area contributed by atoms with Crippen LogP contribution in [0.15, 0.2) is 48.8 Å². The summed E-state index contributed by atoms with van der Waals surface area (Å²) in [5.41, 5.74) is 7.52. The van der Waals surface area contributed by atoms with Gasteiger partial charge in [0.1, 0.15) is 17.7 Å². The van der Waals surface area contributed by atoms with Crippen molar-refractivity contribution in [3.05, 3.63) is 70.9 Å². The Kier molecular flexibility index (Phi) is 10.0. The van der Waals surface area contributed by atoms with Crippen molar-refractivity contribution in [3.8, 4) is 11.1 Å². The molecule has 10 nitrogen and oxygen atoms in total. The quantitative estimate of drug-likeness (QED) is 0.214. The molecule has 1 saturated heterocycles. The third-order valence-corrected chi connectivity index (χ3v) is 7.87. The molecule has 2 aromatic heterocycles. The van der Waals surface area contributed by atoms with Gasteiger partial charge in [0, 0.05) is 30.3 Å². The van der Waals surface area contributed by atoms with Crippen molar-refractivity contribution in [1.82, 2.24) is 19.5 Å². The number of fused-ring (bicyclic) bond motifs is 1. The molecule has 0 unspecified atom stereocenters. The Morgan fingerprint density at radius 1 is 1.04 bits per heavy atom. The summed E-state index contributed by atoms with van der Waals surface area (Å²) in [5.74, 6) is -0.560. The Morgan fingerprint density at radius 2 is 1.72 bits per heavy atom. The van der Waals surface area contributed by atoms with E-state index in [1.165, 1.54) is 12.4 Å². The van der Waals surface area contributed by atoms with Gasteiger partial charge in [-0.05, 0) is 54.8 Å². The van der Waals surface area contributed by atoms with Crippen molar-refractivity contribution in [2.75, 3.05) is 57.1 Å². The number of hydrogen-bond acceptors (Lipinski definition) is 5. The number of likely N-dealkylation sites (tertiary alicyclic amines) is 1. The number of aromatic nitrogens is 3. The normalized spacial score (nSPS) is 14.2. The van der Waals surface area contributed by atoms with Crippen molar-refractivity contribution in [2.45, 2.75) is 24.9 Å². The highest BCUT2D eigenvalue weighted by Crippen LogP contribution is 2.38. The molecule has 5 rings (SSSR count). The third-order valence-electron chi connectivity index (χ3n) is 7.56. The Morgan fingerprint density at radius 3 is 2.35 bits per heavy atom. The molecule has 2 aromatic carbocycles. The maximum absolute atomic E-state index is 14.1. The monoisotopic (exact) mass is 682 g/mol. The first-order valence-electron chi connectivity index (χ1n) is 14.1. The lowest BCUT2D eigenvalue weighted by molar-refractivity contribution is -0.862. The number of rotatable bonds is 6. The highest BCUT2D eigenvalue weighted by Gasteiger charge is 2.32. The van der Waals surface area contributed by atoms with Crippen LogP contribution >= 0.6 is 11.6 Å². The van der Waals surface area contributed by atoms with Gasteiger partial charge in [-0.25, -0.2) is 18.7 Å². The molecule has 0 saturated carbocycles. The standard InChI is InChI=1S/C30H31ClF4N8O2.ClH/c1-43(2,3)15-26(44)41-10-8-17(9-11-41)25-14-20(27-28(36)37-16-38-42(25)27)18-4-7-23(21(31)12-18)39-29(45)40-24-13-19(30(33,34)35)5-6-22(24)32;/h4-7,12-14,16-17H,8-11,15H2,1-3H3,(H3-,36,37,38,39,40,45);1H. The smallest absolute Gasteiger partial charge is 0.416 e. The number of nitrogens with zero attached hydrogens (tertiary/aromatic N) is 5. The van der Waals surface area contributed by atoms with Crippen LogP contribution < -0.4 is 28.8 Å². The van der Waals surface area contributed by atoms with Gasteiger partial charge in [-0.2, -0.15) is 18.3 Å². The van der Waals surface area contributed by atoms with E-state index in [0.717, 1.165) is 18.5 Å². The number of likely N-dealkylation sites (N-methyl/N-ethyl adjacent to an activating group) is 1. The van der Waals surface area contributed by atoms with E-state index in [1.807, 2.05) is 32.1 Å². The van der Waals surface area contributed by atoms with Gasteiger partial charge < -0.3 is 38.2 Å². The second-order valence-electron chi connectivity index (χ2n) is 12.0. The fourth-order valence-electron chi connectivity index (χ4n) is 5.39. The van der Waals surface area contributed by atoms with Gasteiger partial charge in [-0.15, -0.1) is 0 Å². The summed E-state index contributed by atoms with van der Waals surface area (Å²) in [7, 11) is 5.94. The van der Waals surface area contributed by atoms with E-state index < -0.39 is 29.3 Å². The first-order chi connectivity index (χ1) is 21.1. The number of nitrogens with two attached hydrogens (primary N) is 1. The Balaban J connectivity index is 0.00000480. The zero-order valence-electron chi connectivity index (χ0n) is 25.1. The highest BCUT2D eigenvalue weighted by molar-refractivity contribution is 6.34. The molecule has 1 aliphatic heterocycles. The van der Waals surface area contributed by atoms with E-state index in [9.17, 15) is 27.2 Å². The first-order valence-corrected chi connectivity index (χ1v) is 14.4. The number of amides is 3. The topological polar surface area (TPSA) is 118 Å². The maximum Gasteiger partial charge on any atom is 0.416 e. The molecular weight excluding hydrogens is 651 g/mol. The predicted molar refractivity (Wildman–Crippen MR) is 163 cm³/mol. The van der Waals surface area contributed by atoms with Gasteiger partial charge >= 0.3 is 12.2 Å². The minimum Gasteiger partial charge on any atom is -1.00 e. The van der Waals surface area contributed by atoms with Crippen molar-refractivity contribution in [1.29, 1.82) is 0 Å². The summed E-state index contributed by atoms with van der Waals surface area (Å²) in [4.78, 5) is 31.3. The van der Waals surface area contributed by atoms with E-state index >= 15 is 0 Å². The number of halogens is 6. The van der Waals surface area contributed by atoms with E-state index in [2.05, 4.69) is 20.7 Å². The number of carbonyl (C=O) groups is 2. The molecule has 0 spiro atoms. The van der Waals surface area contributed by atoms with Gasteiger partial charge in [-0.3, -0.25) is 4.79 Å². The van der Waals surface area contributed by atoms with Crippen LogP contribution in [0.3, 0.4) is 0 Å². The van der Waals surface area contributed by atoms with Crippen molar-refractivity contribution < 1.29 is 44.0 Å². The molecule has 3 amide bonds. The molecule has 16 heteroatoms. The van der Waals surface area contributed by atoms with Gasteiger partial charge in [0.15, 0.2) is 12.4 Å². The average Bonchev–Trinajstić information content (AvgIpc) is 3.35. The van der Waals surface area contributed by atoms with E-state index in [0.29, 0.717) is 59.0 Å². The van der Waals surface area contributed by atoms with Crippen LogP contribution in [0, 0.1) is 5.82 Å². The second kappa shape index (κ2) is 13.3. The highest BCUT2D eigenvalue weighted by atomic mass is 35.5. The van der Waals surface area contributed by atoms with Gasteiger partial charge in [-0.1, -0.05) is 17.7 Å². The molecule has 46 heavy (non-hydrogen) atoms. The van der Waals surface area contributed by atoms with Crippen LogP contribution in [0.5, 0.6) is 0 Å². The molecular formula is C30H32Cl2F4N8O2. The first kappa shape index (κ1) is 34.7. The van der Waals surface area contributed by atoms with E-state index in [1.54, 1.807) is 16.6 Å². The largest absolute Gasteiger partial charge is 1.00 e. The molecule has 0 bridgehead atoms. The summed E-state index contributed by atoms with van der Waals surface area (Å²) >= 11 is 6.51. The number of nitrogen functional groups attached to an aromatic ring is 1. The summed E-state index contributed by atoms with van der Waals surface area (Å²) in [6, 6.07) is 7.50. The molecule has 4 aromatic rings. The Labute approximate surface area is 273 Å². The SMILES string of the molecule is C[N+](C)(C)CC(=O)N1CCC(c2cc(-c3ccc(NC(=O)Nc4cc(C(F)(F)F)ccc4F)c(Cl)c3)c3c(N)ncnn23)CC1.[Cl-]. The van der Waals surface area contributed by atoms with E-state index in [4.69, 9.17) is 17.3 Å². The lowest BCUT2D eigenvalue weighted by Gasteiger charge is -2.34. The molecule has 246 valence electrons. The number of alkyl halides is 3. The number of piperidine rings is 1. The fraction of sp³-hybridized carbons (Fsp3) is 0.333. The average molecular weight is 684 g/mol. The van der Waals surface area contributed by atoms with Crippen LogP contribution in [-0.4, -0.2) is 76.7 Å². The minimum absolute atomic E-state index is 0. The molecule has 1 aliphatic rings. The van der Waals surface area contributed by atoms with Crippen molar-refractivity contribution in [3.63, 3.8) is 0 Å². The lowest BCUT2D eigenvalue weighted by Crippen LogP contribution is -3.00. The molecule has 4 N–H and O–H groups in total. The van der Waals surface area contributed by atoms with Crippen LogP contribution in [-0.2, 0) is 11.0 Å². The number of urea groups is 1. The Bertz CT molecular complexity index is 1770. The lowest BCUT2D eigenvalue weighted by atomic mass is 9.93. The number of benzene rings is 2. The number of nitrogens with one attached hydrogen (secondary N) is 2. The third kappa shape index (κ3) is 7.62. The zero-order chi connectivity index (χ0) is 32.7. The Hall–Kier alpha value is -4.14. The summed E-state index contributed by atoms with van der Waals surface area (Å²) < 4.78 is 55.5. The summed E-state index contributed by atoms with van der Waals surface area (Å²) in [6.07, 6.45) is -1.85. The molecule has 3 heterocycles. The van der Waals surface area contributed by atoms with Crippen LogP contribution in [0.1, 0.15) is 30.0 Å². The van der Waals surface area contributed by atoms with Gasteiger partial charge in [0.25, 0.3) is 5.91 Å². The molecule has 0 radical (unpaired) electrons. The summed E-state index contributed by atoms with van der Waals surface area (Å²) in [5, 5.41) is 9.10. The molecule has 0 atom stereocenters. The van der Waals surface area contributed by atoms with Crippen LogP contribution in [0.4, 0.5) is 39.5 Å². The van der Waals surface area contributed by atoms with Crippen molar-refractivity contribution in [2.24, 2.45) is 0 Å². The van der Waals surface area contributed by atoms with Gasteiger partial charge in [0.05, 0.1) is 43.1 Å². The number of quaternary nitrogens is 1. The second-order valence-corrected chi connectivity index (χ2v) is 12.4. The maximum atomic E-state index is 14.1. The molecule has 1 fully saturated rings. The van der Waals surface area contributed by atoms with Crippen LogP contribution in [0.2, 0.25) is 5.02 Å². The number of hydrogen-bond donors (Lipinski definition) is 3. The van der Waals surface area contributed by atoms with Crippen molar-refractivity contribution >= 4 is 46.2 Å². The molecule has 0 aliphatic carbocycles. The number of carbonyl (C=O) groups excluding carboxylic acids is 2.